The summed E-state index contributed by atoms with van der Waals surface area (Å²) in [6.07, 6.45) is 9.79. The van der Waals surface area contributed by atoms with Gasteiger partial charge in [0.2, 0.25) is 0 Å². The Labute approximate surface area is 84.6 Å². The van der Waals surface area contributed by atoms with Gasteiger partial charge in [0, 0.05) is 30.5 Å². The Kier molecular flexibility index (Phi) is 2.82. The van der Waals surface area contributed by atoms with Gasteiger partial charge in [-0.3, -0.25) is 4.98 Å². The maximum Gasteiger partial charge on any atom is 0.0511 e. The number of nitrogens with zero attached hydrogens (tertiary/aromatic N) is 2. The molecule has 0 bridgehead atoms. The van der Waals surface area contributed by atoms with Crippen LogP contribution in [0.2, 0.25) is 0 Å². The van der Waals surface area contributed by atoms with Crippen molar-refractivity contribution in [1.82, 2.24) is 9.55 Å². The van der Waals surface area contributed by atoms with E-state index < -0.39 is 0 Å². The largest absolute Gasteiger partial charge is 0.347 e. The molecular weight excluding hydrogens is 172 g/mol. The highest BCUT2D eigenvalue weighted by molar-refractivity contribution is 5.78. The van der Waals surface area contributed by atoms with Crippen LogP contribution in [0, 0.1) is 0 Å². The van der Waals surface area contributed by atoms with Crippen molar-refractivity contribution >= 4 is 10.9 Å². The van der Waals surface area contributed by atoms with Crippen LogP contribution in [-0.2, 0) is 6.54 Å². The van der Waals surface area contributed by atoms with Gasteiger partial charge in [0.25, 0.3) is 0 Å². The van der Waals surface area contributed by atoms with E-state index in [1.165, 1.54) is 30.2 Å². The van der Waals surface area contributed by atoms with Gasteiger partial charge >= 0.3 is 0 Å². The van der Waals surface area contributed by atoms with E-state index in [1.807, 2.05) is 12.4 Å². The van der Waals surface area contributed by atoms with Crippen molar-refractivity contribution < 1.29 is 0 Å². The summed E-state index contributed by atoms with van der Waals surface area (Å²) in [6.45, 7) is 3.36. The fraction of sp³-hybridized carbons (Fsp3) is 0.417. The summed E-state index contributed by atoms with van der Waals surface area (Å²) in [6, 6.07) is 4.22. The van der Waals surface area contributed by atoms with Gasteiger partial charge in [-0.25, -0.2) is 0 Å². The second-order valence-electron chi connectivity index (χ2n) is 3.65. The van der Waals surface area contributed by atoms with E-state index in [2.05, 4.69) is 34.8 Å². The molecule has 0 unspecified atom stereocenters. The first-order chi connectivity index (χ1) is 6.92. The number of aryl methyl sites for hydroxylation is 1. The van der Waals surface area contributed by atoms with Crippen molar-refractivity contribution in [2.45, 2.75) is 32.7 Å². The van der Waals surface area contributed by atoms with E-state index in [9.17, 15) is 0 Å². The standard InChI is InChI=1S/C12H16N2/c1-2-3-4-8-14-9-6-11-10-13-7-5-12(11)14/h5-7,9-10H,2-4,8H2,1H3. The molecule has 2 aromatic heterocycles. The third-order valence-corrected chi connectivity index (χ3v) is 2.57. The topological polar surface area (TPSA) is 17.8 Å². The van der Waals surface area contributed by atoms with Crippen LogP contribution in [0.5, 0.6) is 0 Å². The van der Waals surface area contributed by atoms with E-state index >= 15 is 0 Å². The summed E-state index contributed by atoms with van der Waals surface area (Å²) < 4.78 is 2.31. The predicted octanol–water partition coefficient (Wildman–Crippen LogP) is 3.23. The van der Waals surface area contributed by atoms with Gasteiger partial charge in [0.05, 0.1) is 5.52 Å². The lowest BCUT2D eigenvalue weighted by atomic mass is 10.2. The van der Waals surface area contributed by atoms with Crippen LogP contribution < -0.4 is 0 Å². The minimum atomic E-state index is 1.13. The van der Waals surface area contributed by atoms with Gasteiger partial charge in [-0.1, -0.05) is 19.8 Å². The number of fused-ring (bicyclic) bond motifs is 1. The Morgan fingerprint density at radius 1 is 1.29 bits per heavy atom. The molecule has 0 fully saturated rings. The van der Waals surface area contributed by atoms with E-state index in [1.54, 1.807) is 0 Å². The first-order valence-corrected chi connectivity index (χ1v) is 5.30. The van der Waals surface area contributed by atoms with Crippen molar-refractivity contribution in [3.05, 3.63) is 30.7 Å². The molecule has 0 spiro atoms. The average Bonchev–Trinajstić information content (AvgIpc) is 2.63. The number of rotatable bonds is 4. The van der Waals surface area contributed by atoms with E-state index in [0.29, 0.717) is 0 Å². The van der Waals surface area contributed by atoms with E-state index in [-0.39, 0.29) is 0 Å². The summed E-state index contributed by atoms with van der Waals surface area (Å²) in [5, 5.41) is 1.24. The Morgan fingerprint density at radius 3 is 3.07 bits per heavy atom. The van der Waals surface area contributed by atoms with Gasteiger partial charge in [-0.15, -0.1) is 0 Å². The Hall–Kier alpha value is -1.31. The molecule has 0 radical (unpaired) electrons. The molecule has 0 aliphatic carbocycles. The molecule has 2 aromatic rings. The van der Waals surface area contributed by atoms with Crippen molar-refractivity contribution in [3.8, 4) is 0 Å². The number of hydrogen-bond donors (Lipinski definition) is 0. The van der Waals surface area contributed by atoms with Crippen molar-refractivity contribution in [3.63, 3.8) is 0 Å². The van der Waals surface area contributed by atoms with Gasteiger partial charge in [0.15, 0.2) is 0 Å². The summed E-state index contributed by atoms with van der Waals surface area (Å²) in [5.74, 6) is 0. The second kappa shape index (κ2) is 4.27. The number of pyridine rings is 1. The van der Waals surface area contributed by atoms with Crippen LogP contribution in [0.15, 0.2) is 30.7 Å². The molecule has 0 aliphatic heterocycles. The lowest BCUT2D eigenvalue weighted by Gasteiger charge is -2.03. The molecular formula is C12H16N2. The third-order valence-electron chi connectivity index (χ3n) is 2.57. The molecule has 74 valence electrons. The maximum atomic E-state index is 4.11. The number of unbranched alkanes of at least 4 members (excludes halogenated alkanes) is 2. The smallest absolute Gasteiger partial charge is 0.0511 e. The fourth-order valence-electron chi connectivity index (χ4n) is 1.77. The second-order valence-corrected chi connectivity index (χ2v) is 3.65. The lowest BCUT2D eigenvalue weighted by molar-refractivity contribution is 0.616. The van der Waals surface area contributed by atoms with Gasteiger partial charge in [-0.2, -0.15) is 0 Å². The van der Waals surface area contributed by atoms with Gasteiger partial charge < -0.3 is 4.57 Å². The normalized spacial score (nSPS) is 10.9. The number of aromatic nitrogens is 2. The molecule has 0 N–H and O–H groups in total. The highest BCUT2D eigenvalue weighted by Crippen LogP contribution is 2.14. The molecule has 2 heterocycles. The first-order valence-electron chi connectivity index (χ1n) is 5.30. The molecule has 2 nitrogen and oxygen atoms in total. The van der Waals surface area contributed by atoms with Crippen LogP contribution >= 0.6 is 0 Å². The molecule has 0 saturated carbocycles. The molecule has 0 aliphatic rings. The van der Waals surface area contributed by atoms with Crippen molar-refractivity contribution in [1.29, 1.82) is 0 Å². The summed E-state index contributed by atoms with van der Waals surface area (Å²) >= 11 is 0. The average molecular weight is 188 g/mol. The molecule has 2 heteroatoms. The van der Waals surface area contributed by atoms with Crippen LogP contribution in [0.1, 0.15) is 26.2 Å². The Morgan fingerprint density at radius 2 is 2.21 bits per heavy atom. The predicted molar refractivity (Wildman–Crippen MR) is 59.3 cm³/mol. The molecule has 0 amide bonds. The first kappa shape index (κ1) is 9.25. The Bertz CT molecular complexity index is 403. The molecule has 0 saturated heterocycles. The minimum absolute atomic E-state index is 1.13. The van der Waals surface area contributed by atoms with Crippen LogP contribution in [0.3, 0.4) is 0 Å². The van der Waals surface area contributed by atoms with Crippen LogP contribution in [0.25, 0.3) is 10.9 Å². The molecule has 0 aromatic carbocycles. The zero-order valence-corrected chi connectivity index (χ0v) is 8.61. The highest BCUT2D eigenvalue weighted by Gasteiger charge is 1.98. The van der Waals surface area contributed by atoms with E-state index in [4.69, 9.17) is 0 Å². The summed E-state index contributed by atoms with van der Waals surface area (Å²) in [5.41, 5.74) is 1.30. The number of hydrogen-bond acceptors (Lipinski definition) is 1. The van der Waals surface area contributed by atoms with Crippen molar-refractivity contribution in [2.24, 2.45) is 0 Å². The Balaban J connectivity index is 2.17. The third kappa shape index (κ3) is 1.79. The molecule has 0 atom stereocenters. The quantitative estimate of drug-likeness (QED) is 0.673. The highest BCUT2D eigenvalue weighted by atomic mass is 14.9. The SMILES string of the molecule is CCCCCn1ccc2cnccc21. The minimum Gasteiger partial charge on any atom is -0.347 e. The van der Waals surface area contributed by atoms with Gasteiger partial charge in [-0.05, 0) is 18.6 Å². The zero-order chi connectivity index (χ0) is 9.80. The monoisotopic (exact) mass is 188 g/mol. The zero-order valence-electron chi connectivity index (χ0n) is 8.61. The molecule has 14 heavy (non-hydrogen) atoms. The van der Waals surface area contributed by atoms with Crippen LogP contribution in [-0.4, -0.2) is 9.55 Å². The van der Waals surface area contributed by atoms with Crippen molar-refractivity contribution in [2.75, 3.05) is 0 Å². The fourth-order valence-corrected chi connectivity index (χ4v) is 1.77. The maximum absolute atomic E-state index is 4.11. The van der Waals surface area contributed by atoms with E-state index in [0.717, 1.165) is 6.54 Å². The lowest BCUT2D eigenvalue weighted by Crippen LogP contribution is -1.95. The summed E-state index contributed by atoms with van der Waals surface area (Å²) in [4.78, 5) is 4.11. The van der Waals surface area contributed by atoms with Crippen LogP contribution in [0.4, 0.5) is 0 Å². The molecule has 2 rings (SSSR count). The van der Waals surface area contributed by atoms with Gasteiger partial charge in [0.1, 0.15) is 0 Å². The summed E-state index contributed by atoms with van der Waals surface area (Å²) in [7, 11) is 0.